The Labute approximate surface area is 98.0 Å². The standard InChI is InChI=1S/C13H14BrN/c14-11-6-5-10-7-12(15-13(10)8-11)9-3-1-2-4-9/h5-9,15H,1-4H2. The SMILES string of the molecule is Brc1ccc2cc(C3CCCC3)[nH]c2c1. The number of hydrogen-bond acceptors (Lipinski definition) is 0. The Hall–Kier alpha value is -0.760. The van der Waals surface area contributed by atoms with E-state index in [1.54, 1.807) is 0 Å². The van der Waals surface area contributed by atoms with Crippen molar-refractivity contribution in [1.29, 1.82) is 0 Å². The summed E-state index contributed by atoms with van der Waals surface area (Å²) in [6, 6.07) is 8.76. The maximum Gasteiger partial charge on any atom is 0.0467 e. The molecule has 2 heteroatoms. The molecule has 1 aliphatic carbocycles. The molecule has 3 rings (SSSR count). The minimum absolute atomic E-state index is 0.774. The summed E-state index contributed by atoms with van der Waals surface area (Å²) in [6.07, 6.45) is 5.50. The van der Waals surface area contributed by atoms with Gasteiger partial charge in [-0.3, -0.25) is 0 Å². The molecule has 2 aromatic rings. The van der Waals surface area contributed by atoms with Crippen LogP contribution in [0, 0.1) is 0 Å². The van der Waals surface area contributed by atoms with E-state index in [0.29, 0.717) is 0 Å². The molecular weight excluding hydrogens is 250 g/mol. The highest BCUT2D eigenvalue weighted by Gasteiger charge is 2.18. The number of benzene rings is 1. The van der Waals surface area contributed by atoms with Crippen molar-refractivity contribution < 1.29 is 0 Å². The van der Waals surface area contributed by atoms with Gasteiger partial charge in [-0.1, -0.05) is 34.8 Å². The van der Waals surface area contributed by atoms with Gasteiger partial charge in [0, 0.05) is 15.7 Å². The molecule has 0 bridgehead atoms. The van der Waals surface area contributed by atoms with Gasteiger partial charge in [-0.05, 0) is 42.3 Å². The first kappa shape index (κ1) is 9.46. The lowest BCUT2D eigenvalue weighted by Crippen LogP contribution is -1.90. The molecule has 0 aliphatic heterocycles. The Balaban J connectivity index is 2.05. The number of rotatable bonds is 1. The van der Waals surface area contributed by atoms with Gasteiger partial charge < -0.3 is 4.98 Å². The topological polar surface area (TPSA) is 15.8 Å². The van der Waals surface area contributed by atoms with Crippen LogP contribution < -0.4 is 0 Å². The molecular formula is C13H14BrN. The van der Waals surface area contributed by atoms with Crippen LogP contribution in [-0.4, -0.2) is 4.98 Å². The van der Waals surface area contributed by atoms with E-state index in [1.807, 2.05) is 0 Å². The van der Waals surface area contributed by atoms with Crippen molar-refractivity contribution >= 4 is 26.8 Å². The molecule has 15 heavy (non-hydrogen) atoms. The third-order valence-corrected chi connectivity index (χ3v) is 3.89. The Morgan fingerprint density at radius 2 is 1.93 bits per heavy atom. The Kier molecular flexibility index (Phi) is 2.32. The molecule has 0 amide bonds. The first-order valence-corrected chi connectivity index (χ1v) is 6.40. The highest BCUT2D eigenvalue weighted by Crippen LogP contribution is 2.35. The summed E-state index contributed by atoms with van der Waals surface area (Å²) in [7, 11) is 0. The van der Waals surface area contributed by atoms with Crippen LogP contribution in [-0.2, 0) is 0 Å². The third-order valence-electron chi connectivity index (χ3n) is 3.40. The Bertz CT molecular complexity index is 480. The van der Waals surface area contributed by atoms with Gasteiger partial charge >= 0.3 is 0 Å². The number of H-pyrrole nitrogens is 1. The fraction of sp³-hybridized carbons (Fsp3) is 0.385. The zero-order chi connectivity index (χ0) is 10.3. The highest BCUT2D eigenvalue weighted by atomic mass is 79.9. The molecule has 0 unspecified atom stereocenters. The van der Waals surface area contributed by atoms with E-state index in [0.717, 1.165) is 10.4 Å². The highest BCUT2D eigenvalue weighted by molar-refractivity contribution is 9.10. The van der Waals surface area contributed by atoms with Gasteiger partial charge in [0.15, 0.2) is 0 Å². The molecule has 1 fully saturated rings. The quantitative estimate of drug-likeness (QED) is 0.775. The van der Waals surface area contributed by atoms with Crippen LogP contribution in [0.1, 0.15) is 37.3 Å². The van der Waals surface area contributed by atoms with Crippen LogP contribution >= 0.6 is 15.9 Å². The van der Waals surface area contributed by atoms with Gasteiger partial charge in [-0.15, -0.1) is 0 Å². The van der Waals surface area contributed by atoms with Crippen molar-refractivity contribution in [2.75, 3.05) is 0 Å². The number of aromatic nitrogens is 1. The van der Waals surface area contributed by atoms with E-state index in [4.69, 9.17) is 0 Å². The first-order chi connectivity index (χ1) is 7.33. The van der Waals surface area contributed by atoms with Crippen LogP contribution in [0.4, 0.5) is 0 Å². The maximum atomic E-state index is 3.55. The summed E-state index contributed by atoms with van der Waals surface area (Å²) >= 11 is 3.51. The zero-order valence-electron chi connectivity index (χ0n) is 8.59. The minimum Gasteiger partial charge on any atom is -0.358 e. The molecule has 1 aromatic carbocycles. The second-order valence-electron chi connectivity index (χ2n) is 4.44. The fourth-order valence-corrected chi connectivity index (χ4v) is 2.94. The van der Waals surface area contributed by atoms with Crippen LogP contribution in [0.2, 0.25) is 0 Å². The molecule has 0 saturated heterocycles. The lowest BCUT2D eigenvalue weighted by molar-refractivity contribution is 0.705. The van der Waals surface area contributed by atoms with Gasteiger partial charge in [-0.2, -0.15) is 0 Å². The number of aromatic amines is 1. The normalized spacial score (nSPS) is 17.7. The van der Waals surface area contributed by atoms with Gasteiger partial charge in [0.2, 0.25) is 0 Å². The second-order valence-corrected chi connectivity index (χ2v) is 5.35. The monoisotopic (exact) mass is 263 g/mol. The molecule has 1 aromatic heterocycles. The first-order valence-electron chi connectivity index (χ1n) is 5.61. The molecule has 1 nitrogen and oxygen atoms in total. The number of halogens is 1. The molecule has 1 aliphatic rings. The van der Waals surface area contributed by atoms with Gasteiger partial charge in [0.1, 0.15) is 0 Å². The van der Waals surface area contributed by atoms with Crippen LogP contribution in [0.15, 0.2) is 28.7 Å². The molecule has 0 atom stereocenters. The van der Waals surface area contributed by atoms with Gasteiger partial charge in [0.25, 0.3) is 0 Å². The Morgan fingerprint density at radius 3 is 2.73 bits per heavy atom. The van der Waals surface area contributed by atoms with Crippen LogP contribution in [0.25, 0.3) is 10.9 Å². The minimum atomic E-state index is 0.774. The number of hydrogen-bond donors (Lipinski definition) is 1. The summed E-state index contributed by atoms with van der Waals surface area (Å²) in [5.74, 6) is 0.774. The summed E-state index contributed by atoms with van der Waals surface area (Å²) in [6.45, 7) is 0. The lowest BCUT2D eigenvalue weighted by Gasteiger charge is -2.04. The summed E-state index contributed by atoms with van der Waals surface area (Å²) < 4.78 is 1.15. The average molecular weight is 264 g/mol. The van der Waals surface area contributed by atoms with Crippen molar-refractivity contribution in [1.82, 2.24) is 4.98 Å². The summed E-state index contributed by atoms with van der Waals surface area (Å²) in [5.41, 5.74) is 2.69. The molecule has 0 radical (unpaired) electrons. The predicted molar refractivity (Wildman–Crippen MR) is 67.2 cm³/mol. The van der Waals surface area contributed by atoms with Gasteiger partial charge in [0.05, 0.1) is 0 Å². The van der Waals surface area contributed by atoms with E-state index in [2.05, 4.69) is 45.2 Å². The second kappa shape index (κ2) is 3.67. The predicted octanol–water partition coefficient (Wildman–Crippen LogP) is 4.59. The third kappa shape index (κ3) is 1.71. The molecule has 1 heterocycles. The van der Waals surface area contributed by atoms with E-state index in [9.17, 15) is 0 Å². The zero-order valence-corrected chi connectivity index (χ0v) is 10.2. The molecule has 78 valence electrons. The largest absolute Gasteiger partial charge is 0.358 e. The lowest BCUT2D eigenvalue weighted by atomic mass is 10.0. The van der Waals surface area contributed by atoms with Crippen molar-refractivity contribution in [2.45, 2.75) is 31.6 Å². The van der Waals surface area contributed by atoms with E-state index in [1.165, 1.54) is 42.3 Å². The fourth-order valence-electron chi connectivity index (χ4n) is 2.58. The van der Waals surface area contributed by atoms with Crippen molar-refractivity contribution in [3.8, 4) is 0 Å². The van der Waals surface area contributed by atoms with E-state index < -0.39 is 0 Å². The summed E-state index contributed by atoms with van der Waals surface area (Å²) in [5, 5.41) is 1.33. The molecule has 0 spiro atoms. The smallest absolute Gasteiger partial charge is 0.0467 e. The average Bonchev–Trinajstić information content (AvgIpc) is 2.84. The van der Waals surface area contributed by atoms with Crippen LogP contribution in [0.5, 0.6) is 0 Å². The van der Waals surface area contributed by atoms with Gasteiger partial charge in [-0.25, -0.2) is 0 Å². The van der Waals surface area contributed by atoms with E-state index >= 15 is 0 Å². The molecule has 1 saturated carbocycles. The number of fused-ring (bicyclic) bond motifs is 1. The van der Waals surface area contributed by atoms with Crippen molar-refractivity contribution in [3.05, 3.63) is 34.4 Å². The van der Waals surface area contributed by atoms with Crippen LogP contribution in [0.3, 0.4) is 0 Å². The maximum absolute atomic E-state index is 3.55. The summed E-state index contributed by atoms with van der Waals surface area (Å²) in [4.78, 5) is 3.55. The van der Waals surface area contributed by atoms with E-state index in [-0.39, 0.29) is 0 Å². The van der Waals surface area contributed by atoms with Crippen molar-refractivity contribution in [3.63, 3.8) is 0 Å². The Morgan fingerprint density at radius 1 is 1.13 bits per heavy atom. The molecule has 1 N–H and O–H groups in total. The number of nitrogens with one attached hydrogen (secondary N) is 1. The van der Waals surface area contributed by atoms with Crippen molar-refractivity contribution in [2.24, 2.45) is 0 Å².